The lowest BCUT2D eigenvalue weighted by Gasteiger charge is -2.34. The molecule has 1 aromatic rings. The number of nitro groups is 1. The smallest absolute Gasteiger partial charge is 0.330 e. The van der Waals surface area contributed by atoms with Gasteiger partial charge in [-0.1, -0.05) is 0 Å². The van der Waals surface area contributed by atoms with Gasteiger partial charge in [0.1, 0.15) is 6.20 Å². The molecule has 1 aliphatic carbocycles. The van der Waals surface area contributed by atoms with Crippen molar-refractivity contribution >= 4 is 11.5 Å². The van der Waals surface area contributed by atoms with Gasteiger partial charge in [-0.25, -0.2) is 4.68 Å². The highest BCUT2D eigenvalue weighted by atomic mass is 16.6. The third-order valence-corrected chi connectivity index (χ3v) is 2.76. The summed E-state index contributed by atoms with van der Waals surface area (Å²) in [7, 11) is 1.65. The van der Waals surface area contributed by atoms with Gasteiger partial charge in [-0.2, -0.15) is 5.10 Å². The van der Waals surface area contributed by atoms with Crippen LogP contribution in [-0.2, 0) is 4.74 Å². The largest absolute Gasteiger partial charge is 0.381 e. The van der Waals surface area contributed by atoms with E-state index < -0.39 is 4.92 Å². The van der Waals surface area contributed by atoms with Gasteiger partial charge >= 0.3 is 5.69 Å². The van der Waals surface area contributed by atoms with E-state index >= 15 is 0 Å². The van der Waals surface area contributed by atoms with Gasteiger partial charge in [-0.05, 0) is 12.8 Å². The number of anilines is 1. The van der Waals surface area contributed by atoms with Crippen molar-refractivity contribution in [3.05, 3.63) is 16.3 Å². The number of rotatable bonds is 3. The summed E-state index contributed by atoms with van der Waals surface area (Å²) in [6.07, 6.45) is 3.02. The number of ether oxygens (including phenoxy) is 1. The first-order chi connectivity index (χ1) is 7.13. The summed E-state index contributed by atoms with van der Waals surface area (Å²) < 4.78 is 6.62. The Morgan fingerprint density at radius 3 is 2.87 bits per heavy atom. The predicted octanol–water partition coefficient (Wildman–Crippen LogP) is 0.723. The van der Waals surface area contributed by atoms with E-state index in [1.165, 1.54) is 10.9 Å². The van der Waals surface area contributed by atoms with Crippen LogP contribution in [-0.4, -0.2) is 27.9 Å². The van der Waals surface area contributed by atoms with Crippen molar-refractivity contribution in [2.45, 2.75) is 25.0 Å². The Morgan fingerprint density at radius 2 is 2.40 bits per heavy atom. The molecule has 0 bridgehead atoms. The maximum absolute atomic E-state index is 10.5. The number of nitrogens with two attached hydrogens (primary N) is 1. The second-order valence-corrected chi connectivity index (χ2v) is 3.60. The number of methoxy groups -OCH3 is 1. The Kier molecular flexibility index (Phi) is 2.31. The summed E-state index contributed by atoms with van der Waals surface area (Å²) >= 11 is 0. The average molecular weight is 212 g/mol. The standard InChI is InChI=1S/C8H12N4O3/c1-15-6-2-5(3-6)11-8(9)7(4-10-11)12(13)14/h4-6H,2-3,9H2,1H3. The van der Waals surface area contributed by atoms with Crippen molar-refractivity contribution in [3.8, 4) is 0 Å². The van der Waals surface area contributed by atoms with Crippen LogP contribution < -0.4 is 5.73 Å². The second kappa shape index (κ2) is 3.50. The highest BCUT2D eigenvalue weighted by Gasteiger charge is 2.34. The fraction of sp³-hybridized carbons (Fsp3) is 0.625. The van der Waals surface area contributed by atoms with Gasteiger partial charge in [0.2, 0.25) is 5.82 Å². The van der Waals surface area contributed by atoms with Crippen LogP contribution in [0.15, 0.2) is 6.20 Å². The fourth-order valence-corrected chi connectivity index (χ4v) is 1.72. The molecule has 0 aliphatic heterocycles. The quantitative estimate of drug-likeness (QED) is 0.588. The minimum Gasteiger partial charge on any atom is -0.381 e. The van der Waals surface area contributed by atoms with Gasteiger partial charge in [0.05, 0.1) is 17.1 Å². The van der Waals surface area contributed by atoms with Crippen LogP contribution in [0.5, 0.6) is 0 Å². The van der Waals surface area contributed by atoms with E-state index in [1.807, 2.05) is 0 Å². The molecule has 0 atom stereocenters. The molecule has 1 saturated carbocycles. The monoisotopic (exact) mass is 212 g/mol. The van der Waals surface area contributed by atoms with Crippen molar-refractivity contribution in [1.29, 1.82) is 0 Å². The van der Waals surface area contributed by atoms with Gasteiger partial charge in [0.15, 0.2) is 0 Å². The Morgan fingerprint density at radius 1 is 1.73 bits per heavy atom. The Labute approximate surface area is 86.0 Å². The normalized spacial score (nSPS) is 24.9. The van der Waals surface area contributed by atoms with E-state index in [4.69, 9.17) is 10.5 Å². The van der Waals surface area contributed by atoms with E-state index in [0.29, 0.717) is 0 Å². The van der Waals surface area contributed by atoms with Gasteiger partial charge < -0.3 is 10.5 Å². The predicted molar refractivity (Wildman–Crippen MR) is 52.4 cm³/mol. The zero-order valence-corrected chi connectivity index (χ0v) is 8.29. The van der Waals surface area contributed by atoms with Crippen molar-refractivity contribution in [1.82, 2.24) is 9.78 Å². The summed E-state index contributed by atoms with van der Waals surface area (Å²) in [5.41, 5.74) is 5.49. The molecule has 1 aromatic heterocycles. The molecule has 2 rings (SSSR count). The highest BCUT2D eigenvalue weighted by Crippen LogP contribution is 2.37. The molecule has 7 nitrogen and oxygen atoms in total. The van der Waals surface area contributed by atoms with E-state index in [2.05, 4.69) is 5.10 Å². The number of hydrogen-bond donors (Lipinski definition) is 1. The van der Waals surface area contributed by atoms with Gasteiger partial charge in [-0.3, -0.25) is 10.1 Å². The lowest BCUT2D eigenvalue weighted by Crippen LogP contribution is -2.33. The molecule has 0 unspecified atom stereocenters. The van der Waals surface area contributed by atoms with E-state index in [0.717, 1.165) is 12.8 Å². The van der Waals surface area contributed by atoms with Crippen molar-refractivity contribution in [2.24, 2.45) is 0 Å². The topological polar surface area (TPSA) is 96.2 Å². The SMILES string of the molecule is COC1CC(n2ncc([N+](=O)[O-])c2N)C1. The minimum absolute atomic E-state index is 0.125. The Hall–Kier alpha value is -1.63. The molecule has 0 spiro atoms. The first-order valence-corrected chi connectivity index (χ1v) is 4.63. The van der Waals surface area contributed by atoms with Gasteiger partial charge in [0, 0.05) is 7.11 Å². The highest BCUT2D eigenvalue weighted by molar-refractivity contribution is 5.51. The van der Waals surface area contributed by atoms with E-state index in [1.54, 1.807) is 7.11 Å². The summed E-state index contributed by atoms with van der Waals surface area (Å²) in [6, 6.07) is 0.128. The van der Waals surface area contributed by atoms with Crippen molar-refractivity contribution < 1.29 is 9.66 Å². The van der Waals surface area contributed by atoms with Crippen molar-refractivity contribution in [2.75, 3.05) is 12.8 Å². The number of hydrogen-bond acceptors (Lipinski definition) is 5. The first-order valence-electron chi connectivity index (χ1n) is 4.63. The molecule has 0 amide bonds. The minimum atomic E-state index is -0.523. The molecule has 1 fully saturated rings. The van der Waals surface area contributed by atoms with Crippen LogP contribution in [0.25, 0.3) is 0 Å². The third kappa shape index (κ3) is 1.54. The van der Waals surface area contributed by atoms with Gasteiger partial charge in [0.25, 0.3) is 0 Å². The summed E-state index contributed by atoms with van der Waals surface area (Å²) in [5, 5.41) is 14.5. The van der Waals surface area contributed by atoms with Gasteiger partial charge in [-0.15, -0.1) is 0 Å². The Bertz CT molecular complexity index is 383. The van der Waals surface area contributed by atoms with E-state index in [-0.39, 0.29) is 23.7 Å². The maximum Gasteiger partial charge on any atom is 0.330 e. The molecule has 15 heavy (non-hydrogen) atoms. The number of aromatic nitrogens is 2. The van der Waals surface area contributed by atoms with Crippen molar-refractivity contribution in [3.63, 3.8) is 0 Å². The summed E-state index contributed by atoms with van der Waals surface area (Å²) in [6.45, 7) is 0. The van der Waals surface area contributed by atoms with Crippen LogP contribution in [0.4, 0.5) is 11.5 Å². The average Bonchev–Trinajstić information content (AvgIpc) is 2.46. The Balaban J connectivity index is 2.14. The third-order valence-electron chi connectivity index (χ3n) is 2.76. The molecule has 0 radical (unpaired) electrons. The van der Waals surface area contributed by atoms with E-state index in [9.17, 15) is 10.1 Å². The molecular weight excluding hydrogens is 200 g/mol. The zero-order valence-electron chi connectivity index (χ0n) is 8.29. The maximum atomic E-state index is 10.5. The molecule has 0 saturated heterocycles. The summed E-state index contributed by atoms with van der Waals surface area (Å²) in [4.78, 5) is 10.0. The fourth-order valence-electron chi connectivity index (χ4n) is 1.72. The molecule has 0 aromatic carbocycles. The lowest BCUT2D eigenvalue weighted by molar-refractivity contribution is -0.384. The van der Waals surface area contributed by atoms with Crippen LogP contribution in [0.3, 0.4) is 0 Å². The molecule has 7 heteroatoms. The van der Waals surface area contributed by atoms with Crippen LogP contribution in [0, 0.1) is 10.1 Å². The molecule has 82 valence electrons. The van der Waals surface area contributed by atoms with Crippen LogP contribution in [0.1, 0.15) is 18.9 Å². The summed E-state index contributed by atoms with van der Waals surface area (Å²) in [5.74, 6) is 0.125. The second-order valence-electron chi connectivity index (χ2n) is 3.60. The molecular formula is C8H12N4O3. The lowest BCUT2D eigenvalue weighted by atomic mass is 9.89. The molecule has 2 N–H and O–H groups in total. The van der Waals surface area contributed by atoms with Crippen LogP contribution >= 0.6 is 0 Å². The molecule has 1 heterocycles. The molecule has 1 aliphatic rings. The zero-order chi connectivity index (χ0) is 11.0. The van der Waals surface area contributed by atoms with Crippen LogP contribution in [0.2, 0.25) is 0 Å². The number of nitrogen functional groups attached to an aromatic ring is 1. The number of nitrogens with zero attached hydrogens (tertiary/aromatic N) is 3. The first kappa shape index (κ1) is 9.91.